The van der Waals surface area contributed by atoms with Crippen molar-refractivity contribution >= 4 is 23.4 Å². The fourth-order valence-electron chi connectivity index (χ4n) is 4.71. The maximum atomic E-state index is 12.6. The molecule has 1 aromatic heterocycles. The molecule has 2 aliphatic rings. The first-order valence-corrected chi connectivity index (χ1v) is 12.1. The molecule has 0 atom stereocenters. The van der Waals surface area contributed by atoms with Crippen LogP contribution < -0.4 is 14.8 Å². The molecule has 2 saturated heterocycles. The van der Waals surface area contributed by atoms with Gasteiger partial charge in [-0.2, -0.15) is 4.98 Å². The first-order valence-electron chi connectivity index (χ1n) is 11.7. The molecular formula is C26H28ClN5O3. The van der Waals surface area contributed by atoms with Crippen LogP contribution in [0.1, 0.15) is 18.4 Å². The predicted molar refractivity (Wildman–Crippen MR) is 134 cm³/mol. The van der Waals surface area contributed by atoms with Crippen LogP contribution >= 0.6 is 11.6 Å². The van der Waals surface area contributed by atoms with Crippen molar-refractivity contribution in [3.05, 3.63) is 71.4 Å². The van der Waals surface area contributed by atoms with Gasteiger partial charge in [-0.1, -0.05) is 23.7 Å². The normalized spacial score (nSPS) is 17.0. The standard InChI is InChI=1S/C26H28ClN5O3/c1-34-24-28-12-9-23(29-24)30-25(33)32-17-26(18-32)10-13-31(14-11-26)16-19-3-2-4-22(15-19)35-21-7-5-20(27)6-8-21/h2-9,12,15H,10-11,13-14,16-18H2,1H3,(H,28,29,30,33). The third kappa shape index (κ3) is 5.66. The van der Waals surface area contributed by atoms with Gasteiger partial charge in [0.1, 0.15) is 17.3 Å². The lowest BCUT2D eigenvalue weighted by Crippen LogP contribution is -2.62. The van der Waals surface area contributed by atoms with Crippen LogP contribution in [0.3, 0.4) is 0 Å². The molecule has 5 rings (SSSR count). The quantitative estimate of drug-likeness (QED) is 0.517. The number of anilines is 1. The van der Waals surface area contributed by atoms with Crippen LogP contribution in [0.15, 0.2) is 60.8 Å². The lowest BCUT2D eigenvalue weighted by atomic mass is 9.72. The molecule has 182 valence electrons. The molecule has 3 aromatic rings. The van der Waals surface area contributed by atoms with Gasteiger partial charge < -0.3 is 14.4 Å². The van der Waals surface area contributed by atoms with Crippen LogP contribution in [-0.4, -0.2) is 59.1 Å². The molecule has 1 spiro atoms. The van der Waals surface area contributed by atoms with Gasteiger partial charge in [-0.3, -0.25) is 10.2 Å². The number of hydrogen-bond donors (Lipinski definition) is 1. The number of benzene rings is 2. The number of carbonyl (C=O) groups excluding carboxylic acids is 1. The van der Waals surface area contributed by atoms with E-state index in [0.29, 0.717) is 10.8 Å². The summed E-state index contributed by atoms with van der Waals surface area (Å²) in [5.41, 5.74) is 1.44. The number of methoxy groups -OCH3 is 1. The summed E-state index contributed by atoms with van der Waals surface area (Å²) >= 11 is 5.96. The monoisotopic (exact) mass is 493 g/mol. The fraction of sp³-hybridized carbons (Fsp3) is 0.346. The zero-order valence-electron chi connectivity index (χ0n) is 19.6. The third-order valence-corrected chi connectivity index (χ3v) is 6.91. The summed E-state index contributed by atoms with van der Waals surface area (Å²) < 4.78 is 11.0. The van der Waals surface area contributed by atoms with Crippen molar-refractivity contribution < 1.29 is 14.3 Å². The van der Waals surface area contributed by atoms with Crippen LogP contribution in [0.5, 0.6) is 17.5 Å². The molecule has 3 heterocycles. The highest BCUT2D eigenvalue weighted by Crippen LogP contribution is 2.41. The minimum absolute atomic E-state index is 0.128. The van der Waals surface area contributed by atoms with E-state index in [1.54, 1.807) is 12.3 Å². The predicted octanol–water partition coefficient (Wildman–Crippen LogP) is 5.06. The molecule has 0 aliphatic carbocycles. The lowest BCUT2D eigenvalue weighted by Gasteiger charge is -2.53. The summed E-state index contributed by atoms with van der Waals surface area (Å²) in [4.78, 5) is 25.0. The third-order valence-electron chi connectivity index (χ3n) is 6.66. The van der Waals surface area contributed by atoms with E-state index >= 15 is 0 Å². The van der Waals surface area contributed by atoms with Gasteiger partial charge in [0.15, 0.2) is 0 Å². The SMILES string of the molecule is COc1nccc(NC(=O)N2CC3(CCN(Cc4cccc(Oc5ccc(Cl)cc5)c4)CC3)C2)n1. The second-order valence-corrected chi connectivity index (χ2v) is 9.63. The van der Waals surface area contributed by atoms with E-state index < -0.39 is 0 Å². The number of nitrogens with one attached hydrogen (secondary N) is 1. The number of carbonyl (C=O) groups is 1. The Morgan fingerprint density at radius 3 is 2.60 bits per heavy atom. The van der Waals surface area contributed by atoms with Gasteiger partial charge >= 0.3 is 12.0 Å². The van der Waals surface area contributed by atoms with Crippen LogP contribution in [0.25, 0.3) is 0 Å². The average molecular weight is 494 g/mol. The molecule has 0 unspecified atom stereocenters. The first-order chi connectivity index (χ1) is 17.0. The van der Waals surface area contributed by atoms with Crippen molar-refractivity contribution in [2.45, 2.75) is 19.4 Å². The van der Waals surface area contributed by atoms with Gasteiger partial charge in [0.25, 0.3) is 0 Å². The van der Waals surface area contributed by atoms with Gasteiger partial charge in [-0.05, 0) is 74.0 Å². The topological polar surface area (TPSA) is 79.8 Å². The Kier molecular flexibility index (Phi) is 6.74. The minimum Gasteiger partial charge on any atom is -0.467 e. The molecule has 0 radical (unpaired) electrons. The molecule has 2 fully saturated rings. The summed E-state index contributed by atoms with van der Waals surface area (Å²) in [5, 5.41) is 3.52. The summed E-state index contributed by atoms with van der Waals surface area (Å²) in [6, 6.07) is 17.4. The van der Waals surface area contributed by atoms with Gasteiger partial charge in [0.2, 0.25) is 0 Å². The molecule has 2 aliphatic heterocycles. The summed E-state index contributed by atoms with van der Waals surface area (Å²) in [6.45, 7) is 4.47. The molecule has 2 aromatic carbocycles. The van der Waals surface area contributed by atoms with E-state index in [1.807, 2.05) is 41.3 Å². The molecule has 35 heavy (non-hydrogen) atoms. The number of hydrogen-bond acceptors (Lipinski definition) is 6. The number of aromatic nitrogens is 2. The van der Waals surface area contributed by atoms with Crippen LogP contribution in [0.4, 0.5) is 10.6 Å². The largest absolute Gasteiger partial charge is 0.467 e. The Bertz CT molecular complexity index is 1170. The fourth-order valence-corrected chi connectivity index (χ4v) is 4.84. The smallest absolute Gasteiger partial charge is 0.323 e. The number of nitrogens with zero attached hydrogens (tertiary/aromatic N) is 4. The van der Waals surface area contributed by atoms with Crippen LogP contribution in [0.2, 0.25) is 5.02 Å². The molecule has 0 saturated carbocycles. The van der Waals surface area contributed by atoms with Crippen molar-refractivity contribution in [2.75, 3.05) is 38.6 Å². The number of halogens is 1. The maximum absolute atomic E-state index is 12.6. The average Bonchev–Trinajstić information content (AvgIpc) is 2.85. The van der Waals surface area contributed by atoms with Crippen molar-refractivity contribution in [2.24, 2.45) is 5.41 Å². The van der Waals surface area contributed by atoms with Crippen molar-refractivity contribution in [1.82, 2.24) is 19.8 Å². The Morgan fingerprint density at radius 1 is 1.09 bits per heavy atom. The highest BCUT2D eigenvalue weighted by Gasteiger charge is 2.46. The Balaban J connectivity index is 1.09. The zero-order chi connectivity index (χ0) is 24.3. The lowest BCUT2D eigenvalue weighted by molar-refractivity contribution is -0.0200. The molecule has 8 nitrogen and oxygen atoms in total. The summed E-state index contributed by atoms with van der Waals surface area (Å²) in [5.74, 6) is 2.03. The van der Waals surface area contributed by atoms with Gasteiger partial charge in [-0.25, -0.2) is 9.78 Å². The Hall–Kier alpha value is -3.36. The molecule has 9 heteroatoms. The van der Waals surface area contributed by atoms with E-state index in [4.69, 9.17) is 21.1 Å². The van der Waals surface area contributed by atoms with Crippen molar-refractivity contribution in [3.63, 3.8) is 0 Å². The highest BCUT2D eigenvalue weighted by molar-refractivity contribution is 6.30. The second kappa shape index (κ2) is 10.1. The second-order valence-electron chi connectivity index (χ2n) is 9.19. The van der Waals surface area contributed by atoms with E-state index in [9.17, 15) is 4.79 Å². The number of rotatable bonds is 6. The number of urea groups is 1. The zero-order valence-corrected chi connectivity index (χ0v) is 20.4. The summed E-state index contributed by atoms with van der Waals surface area (Å²) in [6.07, 6.45) is 3.73. The van der Waals surface area contributed by atoms with E-state index in [2.05, 4.69) is 32.3 Å². The van der Waals surface area contributed by atoms with Crippen LogP contribution in [-0.2, 0) is 6.54 Å². The minimum atomic E-state index is -0.128. The first kappa shape index (κ1) is 23.4. The van der Waals surface area contributed by atoms with E-state index in [-0.39, 0.29) is 17.5 Å². The van der Waals surface area contributed by atoms with E-state index in [0.717, 1.165) is 57.1 Å². The molecule has 0 bridgehead atoms. The number of ether oxygens (including phenoxy) is 2. The Labute approximate surface area is 209 Å². The van der Waals surface area contributed by atoms with Crippen LogP contribution in [0, 0.1) is 5.41 Å². The summed E-state index contributed by atoms with van der Waals surface area (Å²) in [7, 11) is 1.50. The number of piperidine rings is 1. The van der Waals surface area contributed by atoms with Crippen molar-refractivity contribution in [1.29, 1.82) is 0 Å². The van der Waals surface area contributed by atoms with Gasteiger partial charge in [-0.15, -0.1) is 0 Å². The van der Waals surface area contributed by atoms with E-state index in [1.165, 1.54) is 12.7 Å². The van der Waals surface area contributed by atoms with Gasteiger partial charge in [0.05, 0.1) is 7.11 Å². The number of amides is 2. The Morgan fingerprint density at radius 2 is 1.86 bits per heavy atom. The maximum Gasteiger partial charge on any atom is 0.323 e. The number of likely N-dealkylation sites (tertiary alicyclic amines) is 2. The molecule has 1 N–H and O–H groups in total. The molecular weight excluding hydrogens is 466 g/mol. The molecule has 2 amide bonds. The van der Waals surface area contributed by atoms with Crippen molar-refractivity contribution in [3.8, 4) is 17.5 Å². The van der Waals surface area contributed by atoms with Gasteiger partial charge in [0, 0.05) is 36.3 Å². The highest BCUT2D eigenvalue weighted by atomic mass is 35.5.